The van der Waals surface area contributed by atoms with Crippen molar-refractivity contribution in [2.24, 2.45) is 5.92 Å². The van der Waals surface area contributed by atoms with Crippen LogP contribution in [0.5, 0.6) is 11.8 Å². The van der Waals surface area contributed by atoms with Crippen molar-refractivity contribution in [2.75, 3.05) is 38.2 Å². The number of benzene rings is 2. The van der Waals surface area contributed by atoms with Gasteiger partial charge in [-0.15, -0.1) is 6.42 Å². The van der Waals surface area contributed by atoms with E-state index in [1.54, 1.807) is 24.3 Å². The Hall–Kier alpha value is -3.67. The Labute approximate surface area is 263 Å². The zero-order valence-electron chi connectivity index (χ0n) is 25.5. The van der Waals surface area contributed by atoms with Crippen molar-refractivity contribution in [1.29, 1.82) is 0 Å². The summed E-state index contributed by atoms with van der Waals surface area (Å²) in [7, 11) is 1.45. The molecule has 3 atom stereocenters. The van der Waals surface area contributed by atoms with Crippen LogP contribution < -0.4 is 9.64 Å². The summed E-state index contributed by atoms with van der Waals surface area (Å²) in [4.78, 5) is 13.3. The predicted molar refractivity (Wildman–Crippen MR) is 175 cm³/mol. The van der Waals surface area contributed by atoms with Gasteiger partial charge in [0.2, 0.25) is 0 Å². The van der Waals surface area contributed by atoms with E-state index in [1.165, 1.54) is 26.0 Å². The van der Waals surface area contributed by atoms with Crippen LogP contribution in [0.3, 0.4) is 0 Å². The third-order valence-electron chi connectivity index (χ3n) is 8.69. The second-order valence-corrected chi connectivity index (χ2v) is 12.3. The van der Waals surface area contributed by atoms with Crippen LogP contribution in [-0.4, -0.2) is 65.5 Å². The number of hydrogen-bond acceptors (Lipinski definition) is 6. The Morgan fingerprint density at radius 1 is 1.20 bits per heavy atom. The van der Waals surface area contributed by atoms with Crippen molar-refractivity contribution in [3.8, 4) is 35.2 Å². The van der Waals surface area contributed by atoms with Crippen molar-refractivity contribution < 1.29 is 18.6 Å². The minimum absolute atomic E-state index is 0.0551. The molecule has 4 heterocycles. The average molecular weight is 621 g/mol. The Morgan fingerprint density at radius 3 is 2.66 bits per heavy atom. The van der Waals surface area contributed by atoms with E-state index in [4.69, 9.17) is 22.8 Å². The third-order valence-corrected chi connectivity index (χ3v) is 8.98. The molecule has 0 aliphatic carbocycles. The molecule has 0 spiro atoms. The van der Waals surface area contributed by atoms with Gasteiger partial charge in [0.15, 0.2) is 5.82 Å². The molecule has 0 saturated carbocycles. The summed E-state index contributed by atoms with van der Waals surface area (Å²) in [6, 6.07) is 5.34. The zero-order valence-corrected chi connectivity index (χ0v) is 26.3. The van der Waals surface area contributed by atoms with Gasteiger partial charge >= 0.3 is 6.01 Å². The predicted octanol–water partition coefficient (Wildman–Crippen LogP) is 7.91. The number of halogens is 3. The van der Waals surface area contributed by atoms with E-state index in [9.17, 15) is 9.50 Å². The average Bonchev–Trinajstić information content (AvgIpc) is 3.58. The van der Waals surface area contributed by atoms with Crippen LogP contribution in [0.1, 0.15) is 57.1 Å². The SMILES string of the molecule is C#CC(=C)c1c(/C=C\C)cc(O)cc1-c1c(Cl)cc2c(N3CCCC(C)C3)nc(OC)nc2c1F.FC1CC2CCCN2C1. The number of anilines is 1. The molecule has 3 aromatic rings. The van der Waals surface area contributed by atoms with Gasteiger partial charge in [-0.25, -0.2) is 8.78 Å². The van der Waals surface area contributed by atoms with Crippen molar-refractivity contribution in [1.82, 2.24) is 14.9 Å². The molecule has 0 radical (unpaired) electrons. The first-order chi connectivity index (χ1) is 21.1. The molecular weight excluding hydrogens is 582 g/mol. The number of methoxy groups -OCH3 is 1. The molecule has 3 unspecified atom stereocenters. The fraction of sp³-hybridized carbons (Fsp3) is 0.429. The van der Waals surface area contributed by atoms with Crippen LogP contribution in [0.4, 0.5) is 14.6 Å². The number of aromatic hydroxyl groups is 1. The van der Waals surface area contributed by atoms with Crippen LogP contribution in [0.2, 0.25) is 5.02 Å². The summed E-state index contributed by atoms with van der Waals surface area (Å²) in [5, 5.41) is 11.1. The van der Waals surface area contributed by atoms with Crippen LogP contribution in [0.15, 0.2) is 30.9 Å². The fourth-order valence-electron chi connectivity index (χ4n) is 6.71. The van der Waals surface area contributed by atoms with Crippen LogP contribution in [-0.2, 0) is 0 Å². The number of rotatable bonds is 5. The number of nitrogens with zero attached hydrogens (tertiary/aromatic N) is 4. The molecule has 232 valence electrons. The lowest BCUT2D eigenvalue weighted by molar-refractivity contribution is 0.292. The normalized spacial score (nSPS) is 21.7. The molecule has 1 aromatic heterocycles. The lowest BCUT2D eigenvalue weighted by Crippen LogP contribution is -2.35. The minimum atomic E-state index is -0.650. The highest BCUT2D eigenvalue weighted by molar-refractivity contribution is 6.34. The standard InChI is InChI=1S/C28H27ClFN3O2.C7H12FN/c1-6-9-18-12-19(34)13-20(23(18)17(4)7-2)24-22(29)14-21-26(25(24)30)31-28(35-5)32-27(21)33-11-8-10-16(3)15-33;8-6-4-7-2-1-3-9(7)5-6/h2,6,9,12-14,16,34H,4,8,10-11,15H2,1,3,5H3;6-7H,1-5H2/b9-6-;. The molecule has 44 heavy (non-hydrogen) atoms. The lowest BCUT2D eigenvalue weighted by Gasteiger charge is -2.32. The Morgan fingerprint density at radius 2 is 1.98 bits per heavy atom. The molecule has 3 fully saturated rings. The smallest absolute Gasteiger partial charge is 0.318 e. The number of allylic oxidation sites excluding steroid dienone is 2. The Balaban J connectivity index is 0.000000361. The third kappa shape index (κ3) is 6.40. The summed E-state index contributed by atoms with van der Waals surface area (Å²) >= 11 is 6.73. The maximum absolute atomic E-state index is 16.3. The molecule has 3 aliphatic rings. The molecule has 0 bridgehead atoms. The quantitative estimate of drug-likeness (QED) is 0.293. The van der Waals surface area contributed by atoms with E-state index >= 15 is 4.39 Å². The van der Waals surface area contributed by atoms with Gasteiger partial charge in [-0.05, 0) is 80.8 Å². The van der Waals surface area contributed by atoms with Crippen molar-refractivity contribution in [3.63, 3.8) is 0 Å². The monoisotopic (exact) mass is 620 g/mol. The number of fused-ring (bicyclic) bond motifs is 2. The van der Waals surface area contributed by atoms with E-state index in [0.717, 1.165) is 38.9 Å². The molecule has 2 aromatic carbocycles. The number of phenolic OH excluding ortho intramolecular Hbond substituents is 1. The van der Waals surface area contributed by atoms with Gasteiger partial charge in [-0.1, -0.05) is 43.2 Å². The molecule has 6 rings (SSSR count). The van der Waals surface area contributed by atoms with Gasteiger partial charge in [-0.3, -0.25) is 4.90 Å². The zero-order chi connectivity index (χ0) is 31.5. The van der Waals surface area contributed by atoms with Gasteiger partial charge < -0.3 is 14.7 Å². The number of alkyl halides is 1. The molecule has 0 amide bonds. The highest BCUT2D eigenvalue weighted by Gasteiger charge is 2.34. The van der Waals surface area contributed by atoms with Gasteiger partial charge in [0.25, 0.3) is 0 Å². The van der Waals surface area contributed by atoms with Gasteiger partial charge in [0.05, 0.1) is 12.1 Å². The van der Waals surface area contributed by atoms with E-state index in [1.807, 2.05) is 6.92 Å². The lowest BCUT2D eigenvalue weighted by atomic mass is 9.89. The first-order valence-corrected chi connectivity index (χ1v) is 15.6. The number of piperidine rings is 1. The van der Waals surface area contributed by atoms with E-state index in [2.05, 4.69) is 39.2 Å². The summed E-state index contributed by atoms with van der Waals surface area (Å²) < 4.78 is 34.2. The van der Waals surface area contributed by atoms with Crippen LogP contribution >= 0.6 is 11.6 Å². The topological polar surface area (TPSA) is 61.7 Å². The highest BCUT2D eigenvalue weighted by atomic mass is 35.5. The van der Waals surface area contributed by atoms with E-state index < -0.39 is 12.0 Å². The van der Waals surface area contributed by atoms with E-state index in [0.29, 0.717) is 52.0 Å². The molecule has 9 heteroatoms. The summed E-state index contributed by atoms with van der Waals surface area (Å²) in [6.45, 7) is 11.4. The number of terminal acetylenes is 1. The van der Waals surface area contributed by atoms with Gasteiger partial charge in [0, 0.05) is 47.8 Å². The highest BCUT2D eigenvalue weighted by Crippen LogP contribution is 2.43. The second kappa shape index (κ2) is 13.5. The molecule has 1 N–H and O–H groups in total. The summed E-state index contributed by atoms with van der Waals surface area (Å²) in [5.74, 6) is 2.90. The fourth-order valence-corrected chi connectivity index (χ4v) is 7.01. The van der Waals surface area contributed by atoms with E-state index in [-0.39, 0.29) is 27.9 Å². The number of aromatic nitrogens is 2. The first kappa shape index (κ1) is 31.7. The van der Waals surface area contributed by atoms with Crippen molar-refractivity contribution in [3.05, 3.63) is 52.8 Å². The van der Waals surface area contributed by atoms with Crippen LogP contribution in [0.25, 0.3) is 33.7 Å². The molecule has 6 nitrogen and oxygen atoms in total. The van der Waals surface area contributed by atoms with Crippen LogP contribution in [0, 0.1) is 24.1 Å². The van der Waals surface area contributed by atoms with Crippen molar-refractivity contribution in [2.45, 2.75) is 58.2 Å². The second-order valence-electron chi connectivity index (χ2n) is 11.9. The summed E-state index contributed by atoms with van der Waals surface area (Å²) in [5.41, 5.74) is 1.94. The van der Waals surface area contributed by atoms with Crippen molar-refractivity contribution >= 4 is 40.0 Å². The minimum Gasteiger partial charge on any atom is -0.508 e. The Kier molecular flexibility index (Phi) is 9.77. The summed E-state index contributed by atoms with van der Waals surface area (Å²) in [6.07, 6.45) is 14.2. The Bertz CT molecular complexity index is 1620. The number of hydrogen-bond donors (Lipinski definition) is 1. The maximum atomic E-state index is 16.3. The van der Waals surface area contributed by atoms with Gasteiger partial charge in [-0.2, -0.15) is 9.97 Å². The largest absolute Gasteiger partial charge is 0.508 e. The van der Waals surface area contributed by atoms with Gasteiger partial charge in [0.1, 0.15) is 23.3 Å². The first-order valence-electron chi connectivity index (χ1n) is 15.2. The number of ether oxygens (including phenoxy) is 1. The molecule has 3 aliphatic heterocycles. The number of phenols is 1. The maximum Gasteiger partial charge on any atom is 0.318 e. The molecular formula is C35H39ClF2N4O2. The molecule has 3 saturated heterocycles.